The van der Waals surface area contributed by atoms with Crippen LogP contribution < -0.4 is 26.8 Å². The average molecular weight is 842 g/mol. The van der Waals surface area contributed by atoms with Crippen molar-refractivity contribution in [2.45, 2.75) is 57.1 Å². The Morgan fingerprint density at radius 3 is 1.74 bits per heavy atom. The van der Waals surface area contributed by atoms with E-state index in [0.29, 0.717) is 55.1 Å². The fourth-order valence-electron chi connectivity index (χ4n) is 8.15. The maximum atomic E-state index is 12.8. The molecule has 16 heteroatoms. The number of hydrogen-bond acceptors (Lipinski definition) is 9. The third kappa shape index (κ3) is 9.25. The Morgan fingerprint density at radius 2 is 1.18 bits per heavy atom. The van der Waals surface area contributed by atoms with Gasteiger partial charge in [-0.25, -0.2) is 10.9 Å². The van der Waals surface area contributed by atoms with Gasteiger partial charge in [0.1, 0.15) is 0 Å². The summed E-state index contributed by atoms with van der Waals surface area (Å²) in [5.41, 5.74) is 12.6. The van der Waals surface area contributed by atoms with Crippen molar-refractivity contribution >= 4 is 81.6 Å². The molecule has 4 amide bonds. The lowest BCUT2D eigenvalue weighted by atomic mass is 10.0. The number of anilines is 2. The summed E-state index contributed by atoms with van der Waals surface area (Å²) in [6.07, 6.45) is 9.82. The molecule has 2 fully saturated rings. The number of nitrogens with one attached hydrogen (secondary N) is 7. The van der Waals surface area contributed by atoms with Crippen molar-refractivity contribution in [2.24, 2.45) is 16.1 Å². The Kier molecular flexibility index (Phi) is 12.3. The number of hydrogen-bond donors (Lipinski definition) is 7. The summed E-state index contributed by atoms with van der Waals surface area (Å²) in [7, 11) is 0. The molecule has 2 aromatic heterocycles. The van der Waals surface area contributed by atoms with Gasteiger partial charge in [0, 0.05) is 69.2 Å². The predicted octanol–water partition coefficient (Wildman–Crippen LogP) is 6.12. The summed E-state index contributed by atoms with van der Waals surface area (Å²) in [4.78, 5) is 56.6. The highest BCUT2D eigenvalue weighted by Gasteiger charge is 2.32. The van der Waals surface area contributed by atoms with Crippen LogP contribution in [0, 0.1) is 5.92 Å². The minimum Gasteiger partial charge on any atom is -0.374 e. The van der Waals surface area contributed by atoms with E-state index in [1.165, 1.54) is 0 Å². The van der Waals surface area contributed by atoms with Crippen LogP contribution in [0.1, 0.15) is 68.7 Å². The first-order chi connectivity index (χ1) is 29.3. The van der Waals surface area contributed by atoms with Crippen molar-refractivity contribution < 1.29 is 28.7 Å². The zero-order chi connectivity index (χ0) is 41.0. The van der Waals surface area contributed by atoms with E-state index >= 15 is 0 Å². The van der Waals surface area contributed by atoms with Gasteiger partial charge >= 0.3 is 0 Å². The number of hydrazone groups is 2. The van der Waals surface area contributed by atoms with Gasteiger partial charge in [0.25, 0.3) is 11.8 Å². The van der Waals surface area contributed by atoms with Crippen LogP contribution in [0.15, 0.2) is 108 Å². The molecule has 7 N–H and O–H groups in total. The lowest BCUT2D eigenvalue weighted by molar-refractivity contribution is -0.120. The second-order valence-electron chi connectivity index (χ2n) is 15.3. The summed E-state index contributed by atoms with van der Waals surface area (Å²) >= 11 is 0. The van der Waals surface area contributed by atoms with E-state index in [1.54, 1.807) is 37.0 Å². The zero-order valence-electron chi connectivity index (χ0n) is 32.9. The number of H-pyrrole nitrogens is 2. The van der Waals surface area contributed by atoms with Gasteiger partial charge < -0.3 is 35.4 Å². The third-order valence-electron chi connectivity index (χ3n) is 11.2. The van der Waals surface area contributed by atoms with Gasteiger partial charge in [0.05, 0.1) is 55.0 Å². The molecule has 0 bridgehead atoms. The van der Waals surface area contributed by atoms with E-state index in [0.717, 1.165) is 56.9 Å². The topological polar surface area (TPSA) is 203 Å². The second-order valence-corrected chi connectivity index (χ2v) is 15.3. The molecule has 0 spiro atoms. The van der Waals surface area contributed by atoms with E-state index in [4.69, 9.17) is 9.47 Å². The number of amides is 4. The van der Waals surface area contributed by atoms with Crippen molar-refractivity contribution in [3.8, 4) is 0 Å². The van der Waals surface area contributed by atoms with Crippen LogP contribution in [0.25, 0.3) is 21.8 Å². The van der Waals surface area contributed by atoms with E-state index in [1.807, 2.05) is 72.8 Å². The van der Waals surface area contributed by atoms with Crippen molar-refractivity contribution in [2.75, 3.05) is 17.2 Å². The molecule has 5 heterocycles. The van der Waals surface area contributed by atoms with Gasteiger partial charge in [0.15, 0.2) is 0 Å². The molecule has 10 rings (SSSR count). The van der Waals surface area contributed by atoms with E-state index in [2.05, 4.69) is 47.0 Å². The summed E-state index contributed by atoms with van der Waals surface area (Å²) in [6.45, 7) is 1.70. The predicted molar refractivity (Wildman–Crippen MR) is 235 cm³/mol. The summed E-state index contributed by atoms with van der Waals surface area (Å²) in [6, 6.07) is 26.7. The Balaban J connectivity index is 0.000000166. The molecule has 0 unspecified atom stereocenters. The number of rotatable bonds is 10. The van der Waals surface area contributed by atoms with Crippen LogP contribution >= 0.6 is 12.4 Å². The summed E-state index contributed by atoms with van der Waals surface area (Å²) < 4.78 is 11.9. The molecular weight excluding hydrogens is 798 g/mol. The molecule has 312 valence electrons. The number of benzene rings is 4. The largest absolute Gasteiger partial charge is 0.374 e. The first-order valence-electron chi connectivity index (χ1n) is 20.0. The van der Waals surface area contributed by atoms with Crippen LogP contribution in [-0.2, 0) is 32.3 Å². The number of carbonyl (C=O) groups is 4. The number of carbonyl (C=O) groups excluding carboxylic acids is 4. The second kappa shape index (κ2) is 18.3. The highest BCUT2D eigenvalue weighted by atomic mass is 35.5. The third-order valence-corrected chi connectivity index (χ3v) is 11.2. The lowest BCUT2D eigenvalue weighted by Gasteiger charge is -2.14. The maximum Gasteiger partial charge on any atom is 0.272 e. The quantitative estimate of drug-likeness (QED) is 0.0861. The standard InChI is InChI=1S/C23H22N4O3.C22H21N5O3.ClH/c28-22(15-6-7-18(8-15)30-13-14-4-2-1-3-5-14)26-17-9-19-21-16(11-24-20(21)10-17)12-25-27-23(19)29;28-21-17-6-15(7-18-20(17)14(9-23-18)10-25-27-21)26-22(29)19-8-16(11-24-19)30-12-13-4-2-1-3-5-13;/h1-5,9-12,15,18,24H,6-8,13H2,(H,26,28)(H,27,29);1-7,9-10,16,19,23-24H,8,11-12H2,(H,26,29)(H,27,28);1H/t15-,18-;16-,19+;/m01./s1. The number of halogens is 1. The van der Waals surface area contributed by atoms with Gasteiger partial charge in [-0.15, -0.1) is 12.4 Å². The molecule has 1 saturated heterocycles. The molecule has 61 heavy (non-hydrogen) atoms. The average Bonchev–Trinajstić information content (AvgIpc) is 4.07. The Morgan fingerprint density at radius 1 is 0.656 bits per heavy atom. The molecular formula is C45H44ClN9O6. The van der Waals surface area contributed by atoms with Crippen LogP contribution in [0.5, 0.6) is 0 Å². The first-order valence-corrected chi connectivity index (χ1v) is 20.0. The fourth-order valence-corrected chi connectivity index (χ4v) is 8.15. The molecule has 4 aliphatic rings. The van der Waals surface area contributed by atoms with Crippen molar-refractivity contribution in [3.05, 3.63) is 131 Å². The van der Waals surface area contributed by atoms with Crippen molar-refractivity contribution in [1.29, 1.82) is 0 Å². The molecule has 1 aliphatic carbocycles. The van der Waals surface area contributed by atoms with E-state index in [9.17, 15) is 19.2 Å². The molecule has 4 aromatic carbocycles. The highest BCUT2D eigenvalue weighted by molar-refractivity contribution is 6.16. The van der Waals surface area contributed by atoms with E-state index < -0.39 is 0 Å². The molecule has 15 nitrogen and oxygen atoms in total. The van der Waals surface area contributed by atoms with Gasteiger partial charge in [-0.05, 0) is 61.1 Å². The van der Waals surface area contributed by atoms with E-state index in [-0.39, 0.29) is 60.2 Å². The Bertz CT molecular complexity index is 2460. The maximum absolute atomic E-state index is 12.8. The molecule has 0 radical (unpaired) electrons. The fraction of sp³-hybridized carbons (Fsp3) is 0.244. The monoisotopic (exact) mass is 841 g/mol. The minimum atomic E-state index is -0.350. The SMILES string of the molecule is Cl.O=C1NN=Cc2c[nH]c3cc(NC(=O)[C@@H]4C[C@@H](OCc5ccccc5)CN4)cc1c23.O=C1NN=Cc2c[nH]c3cc(NC(=O)[C@H]4CC[C@H](OCc5ccccc5)C4)cc1c23. The van der Waals surface area contributed by atoms with Gasteiger partial charge in [0.2, 0.25) is 11.8 Å². The lowest BCUT2D eigenvalue weighted by Crippen LogP contribution is -2.35. The molecule has 3 aliphatic heterocycles. The molecule has 6 aromatic rings. The van der Waals surface area contributed by atoms with Crippen LogP contribution in [0.3, 0.4) is 0 Å². The van der Waals surface area contributed by atoms with Crippen LogP contribution in [0.4, 0.5) is 11.4 Å². The number of ether oxygens (including phenoxy) is 2. The van der Waals surface area contributed by atoms with Crippen molar-refractivity contribution in [1.82, 2.24) is 26.1 Å². The smallest absolute Gasteiger partial charge is 0.272 e. The molecule has 1 saturated carbocycles. The minimum absolute atomic E-state index is 0. The van der Waals surface area contributed by atoms with Gasteiger partial charge in [-0.2, -0.15) is 10.2 Å². The van der Waals surface area contributed by atoms with Crippen molar-refractivity contribution in [3.63, 3.8) is 0 Å². The van der Waals surface area contributed by atoms with Crippen LogP contribution in [0.2, 0.25) is 0 Å². The molecule has 4 atom stereocenters. The zero-order valence-corrected chi connectivity index (χ0v) is 33.7. The number of aromatic amines is 2. The Hall–Kier alpha value is -6.65. The van der Waals surface area contributed by atoms with Gasteiger partial charge in [-0.1, -0.05) is 60.7 Å². The Labute approximate surface area is 356 Å². The first kappa shape index (κ1) is 41.1. The normalized spacial score (nSPS) is 19.9. The summed E-state index contributed by atoms with van der Waals surface area (Å²) in [5.74, 6) is -0.884. The number of aromatic nitrogens is 2. The summed E-state index contributed by atoms with van der Waals surface area (Å²) in [5, 5.41) is 18.6. The highest BCUT2D eigenvalue weighted by Crippen LogP contribution is 2.32. The van der Waals surface area contributed by atoms with Gasteiger partial charge in [-0.3, -0.25) is 19.2 Å². The number of nitrogens with zero attached hydrogens (tertiary/aromatic N) is 2. The van der Waals surface area contributed by atoms with Crippen LogP contribution in [-0.4, -0.2) is 70.8 Å².